The van der Waals surface area contributed by atoms with E-state index in [0.717, 1.165) is 10.9 Å². The summed E-state index contributed by atoms with van der Waals surface area (Å²) in [6, 6.07) is 7.81. The quantitative estimate of drug-likeness (QED) is 0.924. The van der Waals surface area contributed by atoms with E-state index in [1.165, 1.54) is 17.0 Å². The molecular formula is C17H19F3N4O. The number of alkyl halides is 3. The summed E-state index contributed by atoms with van der Waals surface area (Å²) in [6.07, 6.45) is -3.01. The second kappa shape index (κ2) is 6.51. The molecule has 0 radical (unpaired) electrons. The summed E-state index contributed by atoms with van der Waals surface area (Å²) in [6.45, 7) is 2.59. The van der Waals surface area contributed by atoms with E-state index in [9.17, 15) is 18.0 Å². The molecule has 1 amide bonds. The fraction of sp³-hybridized carbons (Fsp3) is 0.412. The molecule has 0 spiro atoms. The Morgan fingerprint density at radius 1 is 1.32 bits per heavy atom. The Morgan fingerprint density at radius 3 is 2.56 bits per heavy atom. The van der Waals surface area contributed by atoms with Crippen LogP contribution in [0.1, 0.15) is 29.4 Å². The summed E-state index contributed by atoms with van der Waals surface area (Å²) in [5.74, 6) is -0.546. The van der Waals surface area contributed by atoms with Crippen molar-refractivity contribution >= 4 is 5.91 Å². The molecule has 0 bridgehead atoms. The van der Waals surface area contributed by atoms with E-state index in [4.69, 9.17) is 5.73 Å². The maximum absolute atomic E-state index is 13.7. The minimum Gasteiger partial charge on any atom is -0.335 e. The van der Waals surface area contributed by atoms with Crippen LogP contribution in [0.4, 0.5) is 13.2 Å². The third kappa shape index (κ3) is 3.26. The Balaban J connectivity index is 2.03. The van der Waals surface area contributed by atoms with Crippen LogP contribution in [-0.2, 0) is 6.18 Å². The van der Waals surface area contributed by atoms with Crippen LogP contribution >= 0.6 is 0 Å². The Kier molecular flexibility index (Phi) is 4.55. The second-order valence-corrected chi connectivity index (χ2v) is 6.30. The van der Waals surface area contributed by atoms with Gasteiger partial charge in [-0.05, 0) is 37.9 Å². The van der Waals surface area contributed by atoms with Gasteiger partial charge in [0.05, 0.1) is 17.4 Å². The largest absolute Gasteiger partial charge is 0.434 e. The van der Waals surface area contributed by atoms with Crippen molar-refractivity contribution in [1.82, 2.24) is 14.7 Å². The van der Waals surface area contributed by atoms with Crippen molar-refractivity contribution in [1.29, 1.82) is 0 Å². The highest BCUT2D eigenvalue weighted by Gasteiger charge is 2.43. The van der Waals surface area contributed by atoms with Gasteiger partial charge in [-0.3, -0.25) is 4.79 Å². The number of amides is 1. The molecular weight excluding hydrogens is 333 g/mol. The van der Waals surface area contributed by atoms with Gasteiger partial charge in [-0.2, -0.15) is 18.3 Å². The van der Waals surface area contributed by atoms with Crippen molar-refractivity contribution in [3.05, 3.63) is 47.8 Å². The predicted octanol–water partition coefficient (Wildman–Crippen LogP) is 2.70. The molecule has 25 heavy (non-hydrogen) atoms. The molecule has 1 aromatic carbocycles. The van der Waals surface area contributed by atoms with Crippen LogP contribution in [-0.4, -0.2) is 39.7 Å². The van der Waals surface area contributed by atoms with Gasteiger partial charge in [0.2, 0.25) is 0 Å². The molecule has 2 unspecified atom stereocenters. The van der Waals surface area contributed by atoms with Crippen molar-refractivity contribution in [3.63, 3.8) is 0 Å². The number of para-hydroxylation sites is 1. The maximum atomic E-state index is 13.7. The van der Waals surface area contributed by atoms with Crippen LogP contribution in [0.3, 0.4) is 0 Å². The monoisotopic (exact) mass is 352 g/mol. The molecule has 2 atom stereocenters. The highest BCUT2D eigenvalue weighted by Crippen LogP contribution is 2.35. The number of halogens is 3. The molecule has 0 saturated carbocycles. The van der Waals surface area contributed by atoms with Gasteiger partial charge in [0, 0.05) is 12.6 Å². The minimum absolute atomic E-state index is 0.109. The summed E-state index contributed by atoms with van der Waals surface area (Å²) in [5, 5.41) is 3.83. The fourth-order valence-electron chi connectivity index (χ4n) is 3.29. The standard InChI is InChI=1S/C17H19F3N4O/c1-11-7-12(8-21)10-23(11)16(25)14-9-22-24(15(14)17(18,19)20)13-5-3-2-4-6-13/h2-6,9,11-12H,7-8,10,21H2,1H3. The van der Waals surface area contributed by atoms with Crippen molar-refractivity contribution < 1.29 is 18.0 Å². The maximum Gasteiger partial charge on any atom is 0.434 e. The molecule has 134 valence electrons. The van der Waals surface area contributed by atoms with Crippen LogP contribution in [0.15, 0.2) is 36.5 Å². The normalized spacial score (nSPS) is 20.9. The first-order valence-corrected chi connectivity index (χ1v) is 8.04. The molecule has 5 nitrogen and oxygen atoms in total. The summed E-state index contributed by atoms with van der Waals surface area (Å²) < 4.78 is 41.8. The van der Waals surface area contributed by atoms with Gasteiger partial charge in [0.1, 0.15) is 0 Å². The Labute approximate surface area is 143 Å². The van der Waals surface area contributed by atoms with Gasteiger partial charge in [-0.15, -0.1) is 0 Å². The Bertz CT molecular complexity index is 757. The average Bonchev–Trinajstić information content (AvgIpc) is 3.18. The summed E-state index contributed by atoms with van der Waals surface area (Å²) in [5.41, 5.74) is 4.42. The van der Waals surface area contributed by atoms with E-state index < -0.39 is 23.3 Å². The van der Waals surface area contributed by atoms with Gasteiger partial charge in [0.15, 0.2) is 5.69 Å². The van der Waals surface area contributed by atoms with Crippen molar-refractivity contribution in [2.75, 3.05) is 13.1 Å². The van der Waals surface area contributed by atoms with E-state index >= 15 is 0 Å². The summed E-state index contributed by atoms with van der Waals surface area (Å²) in [4.78, 5) is 14.2. The van der Waals surface area contributed by atoms with E-state index in [1.54, 1.807) is 18.2 Å². The third-order valence-electron chi connectivity index (χ3n) is 4.52. The van der Waals surface area contributed by atoms with Gasteiger partial charge in [0.25, 0.3) is 5.91 Å². The Hall–Kier alpha value is -2.35. The molecule has 8 heteroatoms. The third-order valence-corrected chi connectivity index (χ3v) is 4.52. The lowest BCUT2D eigenvalue weighted by Crippen LogP contribution is -2.35. The molecule has 1 aliphatic heterocycles. The summed E-state index contributed by atoms with van der Waals surface area (Å²) in [7, 11) is 0. The van der Waals surface area contributed by atoms with Gasteiger partial charge < -0.3 is 10.6 Å². The van der Waals surface area contributed by atoms with Gasteiger partial charge >= 0.3 is 6.18 Å². The molecule has 2 aromatic rings. The first kappa shape index (κ1) is 17.5. The molecule has 1 aliphatic rings. The molecule has 1 aromatic heterocycles. The van der Waals surface area contributed by atoms with E-state index in [2.05, 4.69) is 5.10 Å². The van der Waals surface area contributed by atoms with E-state index in [-0.39, 0.29) is 17.6 Å². The molecule has 2 N–H and O–H groups in total. The first-order chi connectivity index (χ1) is 11.8. The van der Waals surface area contributed by atoms with Crippen molar-refractivity contribution in [2.24, 2.45) is 11.7 Å². The molecule has 0 aliphatic carbocycles. The Morgan fingerprint density at radius 2 is 2.00 bits per heavy atom. The number of likely N-dealkylation sites (tertiary alicyclic amines) is 1. The van der Waals surface area contributed by atoms with E-state index in [0.29, 0.717) is 19.5 Å². The predicted molar refractivity (Wildman–Crippen MR) is 86.2 cm³/mol. The number of hydrogen-bond acceptors (Lipinski definition) is 3. The zero-order valence-electron chi connectivity index (χ0n) is 13.7. The number of benzene rings is 1. The van der Waals surface area contributed by atoms with Gasteiger partial charge in [-0.1, -0.05) is 18.2 Å². The van der Waals surface area contributed by atoms with Crippen molar-refractivity contribution in [3.8, 4) is 5.69 Å². The second-order valence-electron chi connectivity index (χ2n) is 6.30. The lowest BCUT2D eigenvalue weighted by Gasteiger charge is -2.22. The minimum atomic E-state index is -4.70. The first-order valence-electron chi connectivity index (χ1n) is 8.04. The molecule has 1 fully saturated rings. The number of nitrogens with two attached hydrogens (primary N) is 1. The van der Waals surface area contributed by atoms with Crippen LogP contribution < -0.4 is 5.73 Å². The SMILES string of the molecule is CC1CC(CN)CN1C(=O)c1cnn(-c2ccccc2)c1C(F)(F)F. The fourth-order valence-corrected chi connectivity index (χ4v) is 3.29. The van der Waals surface area contributed by atoms with Crippen molar-refractivity contribution in [2.45, 2.75) is 25.6 Å². The molecule has 2 heterocycles. The van der Waals surface area contributed by atoms with Gasteiger partial charge in [-0.25, -0.2) is 4.68 Å². The van der Waals surface area contributed by atoms with Crippen LogP contribution in [0.2, 0.25) is 0 Å². The van der Waals surface area contributed by atoms with Crippen LogP contribution in [0, 0.1) is 5.92 Å². The van der Waals surface area contributed by atoms with Crippen LogP contribution in [0.5, 0.6) is 0 Å². The zero-order chi connectivity index (χ0) is 18.2. The lowest BCUT2D eigenvalue weighted by molar-refractivity contribution is -0.143. The summed E-state index contributed by atoms with van der Waals surface area (Å²) >= 11 is 0. The average molecular weight is 352 g/mol. The smallest absolute Gasteiger partial charge is 0.335 e. The number of rotatable bonds is 3. The number of nitrogens with zero attached hydrogens (tertiary/aromatic N) is 3. The number of aromatic nitrogens is 2. The highest BCUT2D eigenvalue weighted by molar-refractivity contribution is 5.96. The lowest BCUT2D eigenvalue weighted by atomic mass is 10.1. The highest BCUT2D eigenvalue weighted by atomic mass is 19.4. The van der Waals surface area contributed by atoms with E-state index in [1.807, 2.05) is 6.92 Å². The van der Waals surface area contributed by atoms with Crippen LogP contribution in [0.25, 0.3) is 5.69 Å². The molecule has 1 saturated heterocycles. The number of hydrogen-bond donors (Lipinski definition) is 1. The zero-order valence-corrected chi connectivity index (χ0v) is 13.7. The molecule has 3 rings (SSSR count). The topological polar surface area (TPSA) is 64.2 Å². The number of carbonyl (C=O) groups excluding carboxylic acids is 1. The number of carbonyl (C=O) groups is 1.